The van der Waals surface area contributed by atoms with Gasteiger partial charge in [-0.2, -0.15) is 5.10 Å². The highest BCUT2D eigenvalue weighted by molar-refractivity contribution is 6.35. The maximum absolute atomic E-state index is 6.34. The highest BCUT2D eigenvalue weighted by Crippen LogP contribution is 2.40. The molecule has 30 heavy (non-hydrogen) atoms. The van der Waals surface area contributed by atoms with Gasteiger partial charge in [0.05, 0.1) is 17.7 Å². The topological polar surface area (TPSA) is 75.2 Å². The van der Waals surface area contributed by atoms with Crippen LogP contribution in [0.4, 0.5) is 0 Å². The van der Waals surface area contributed by atoms with E-state index in [4.69, 9.17) is 37.1 Å². The van der Waals surface area contributed by atoms with Gasteiger partial charge in [-0.25, -0.2) is 14.6 Å². The second-order valence-corrected chi connectivity index (χ2v) is 7.59. The predicted molar refractivity (Wildman–Crippen MR) is 113 cm³/mol. The molecule has 3 heterocycles. The molecule has 1 aliphatic heterocycles. The molecule has 156 valence electrons. The third kappa shape index (κ3) is 4.49. The van der Waals surface area contributed by atoms with Crippen molar-refractivity contribution in [1.82, 2.24) is 19.7 Å². The van der Waals surface area contributed by atoms with Crippen LogP contribution in [0.5, 0.6) is 0 Å². The molecular formula is C21H20Cl2N4O3. The number of halogens is 2. The van der Waals surface area contributed by atoms with Gasteiger partial charge in [-0.3, -0.25) is 0 Å². The molecular weight excluding hydrogens is 427 g/mol. The fourth-order valence-corrected chi connectivity index (χ4v) is 3.76. The van der Waals surface area contributed by atoms with Crippen molar-refractivity contribution in [2.45, 2.75) is 31.8 Å². The second-order valence-electron chi connectivity index (χ2n) is 6.75. The van der Waals surface area contributed by atoms with Gasteiger partial charge in [0.2, 0.25) is 5.79 Å². The number of hydrogen-bond acceptors (Lipinski definition) is 6. The smallest absolute Gasteiger partial charge is 0.217 e. The van der Waals surface area contributed by atoms with Crippen LogP contribution >= 0.6 is 23.2 Å². The van der Waals surface area contributed by atoms with Crippen molar-refractivity contribution in [2.75, 3.05) is 6.61 Å². The number of ether oxygens (including phenoxy) is 2. The number of rotatable bonds is 4. The Morgan fingerprint density at radius 1 is 1.20 bits per heavy atom. The van der Waals surface area contributed by atoms with E-state index in [-0.39, 0.29) is 6.10 Å². The van der Waals surface area contributed by atoms with Crippen molar-refractivity contribution >= 4 is 34.3 Å². The summed E-state index contributed by atoms with van der Waals surface area (Å²) in [5.74, 6) is -0.962. The zero-order valence-electron chi connectivity index (χ0n) is 16.2. The van der Waals surface area contributed by atoms with Crippen LogP contribution in [0.25, 0.3) is 11.1 Å². The lowest BCUT2D eigenvalue weighted by Gasteiger charge is -2.29. The fourth-order valence-electron chi connectivity index (χ4n) is 3.20. The van der Waals surface area contributed by atoms with Gasteiger partial charge in [0, 0.05) is 10.6 Å². The van der Waals surface area contributed by atoms with E-state index < -0.39 is 5.79 Å². The van der Waals surface area contributed by atoms with Gasteiger partial charge in [-0.1, -0.05) is 48.3 Å². The highest BCUT2D eigenvalue weighted by atomic mass is 35.5. The lowest BCUT2D eigenvalue weighted by molar-refractivity contribution is -0.188. The molecule has 1 fully saturated rings. The van der Waals surface area contributed by atoms with E-state index in [9.17, 15) is 0 Å². The summed E-state index contributed by atoms with van der Waals surface area (Å²) in [7, 11) is 0. The van der Waals surface area contributed by atoms with Gasteiger partial charge in [0.1, 0.15) is 24.7 Å². The van der Waals surface area contributed by atoms with Crippen molar-refractivity contribution < 1.29 is 13.9 Å². The summed E-state index contributed by atoms with van der Waals surface area (Å²) >= 11 is 12.3. The molecule has 9 heteroatoms. The Labute approximate surface area is 183 Å². The van der Waals surface area contributed by atoms with E-state index in [0.29, 0.717) is 23.2 Å². The van der Waals surface area contributed by atoms with Crippen LogP contribution in [0.2, 0.25) is 10.0 Å². The highest BCUT2D eigenvalue weighted by Gasteiger charge is 2.44. The Balaban J connectivity index is 0.000000200. The Kier molecular flexibility index (Phi) is 6.34. The fraction of sp³-hybridized carbons (Fsp3) is 0.286. The molecule has 2 aromatic heterocycles. The van der Waals surface area contributed by atoms with Crippen LogP contribution in [0.1, 0.15) is 18.9 Å². The molecule has 4 aromatic rings. The van der Waals surface area contributed by atoms with Gasteiger partial charge >= 0.3 is 0 Å². The van der Waals surface area contributed by atoms with Crippen LogP contribution in [-0.4, -0.2) is 32.5 Å². The van der Waals surface area contributed by atoms with Crippen LogP contribution in [0.3, 0.4) is 0 Å². The molecule has 0 N–H and O–H groups in total. The van der Waals surface area contributed by atoms with E-state index in [2.05, 4.69) is 22.0 Å². The van der Waals surface area contributed by atoms with Crippen molar-refractivity contribution in [3.63, 3.8) is 0 Å². The van der Waals surface area contributed by atoms with Crippen LogP contribution in [0.15, 0.2) is 65.9 Å². The Hall–Kier alpha value is -2.45. The number of aromatic nitrogens is 4. The third-order valence-electron chi connectivity index (χ3n) is 4.73. The predicted octanol–water partition coefficient (Wildman–Crippen LogP) is 5.09. The molecule has 0 bridgehead atoms. The van der Waals surface area contributed by atoms with Crippen molar-refractivity contribution in [3.05, 3.63) is 77.1 Å². The van der Waals surface area contributed by atoms with Crippen LogP contribution < -0.4 is 0 Å². The maximum atomic E-state index is 6.34. The minimum Gasteiger partial charge on any atom is -0.443 e. The monoisotopic (exact) mass is 446 g/mol. The molecule has 5 rings (SSSR count). The number of benzene rings is 2. The minimum absolute atomic E-state index is 0.0280. The molecule has 0 amide bonds. The molecule has 0 saturated carbocycles. The van der Waals surface area contributed by atoms with E-state index in [0.717, 1.165) is 23.1 Å². The largest absolute Gasteiger partial charge is 0.443 e. The number of para-hydroxylation sites is 2. The van der Waals surface area contributed by atoms with Gasteiger partial charge in [-0.15, -0.1) is 0 Å². The second kappa shape index (κ2) is 9.14. The first-order valence-electron chi connectivity index (χ1n) is 9.47. The van der Waals surface area contributed by atoms with Crippen LogP contribution in [-0.2, 0) is 21.8 Å². The van der Waals surface area contributed by atoms with Crippen molar-refractivity contribution in [1.29, 1.82) is 0 Å². The lowest BCUT2D eigenvalue weighted by Crippen LogP contribution is -2.34. The normalized spacial score (nSPS) is 20.8. The minimum atomic E-state index is -0.962. The maximum Gasteiger partial charge on any atom is 0.217 e. The third-order valence-corrected chi connectivity index (χ3v) is 5.28. The van der Waals surface area contributed by atoms with Gasteiger partial charge in [-0.05, 0) is 30.7 Å². The standard InChI is InChI=1S/C14H15Cl2N3O2.C7H5NO/c1-2-11-6-20-14(21-11,7-19-9-17-8-18-19)12-4-3-10(15)5-13(12)16;1-2-4-7-6(3-1)8-5-9-7/h3-5,8-9,11H,2,6-7H2,1H3;1-5H. The van der Waals surface area contributed by atoms with Gasteiger partial charge in [0.25, 0.3) is 0 Å². The Morgan fingerprint density at radius 2 is 2.07 bits per heavy atom. The molecule has 1 saturated heterocycles. The lowest BCUT2D eigenvalue weighted by atomic mass is 10.1. The summed E-state index contributed by atoms with van der Waals surface area (Å²) < 4.78 is 18.8. The van der Waals surface area contributed by atoms with Crippen molar-refractivity contribution in [3.8, 4) is 0 Å². The summed E-state index contributed by atoms with van der Waals surface area (Å²) in [5.41, 5.74) is 2.51. The quantitative estimate of drug-likeness (QED) is 0.434. The first kappa shape index (κ1) is 20.8. The molecule has 0 aliphatic carbocycles. The summed E-state index contributed by atoms with van der Waals surface area (Å²) in [4.78, 5) is 7.90. The number of oxazole rings is 1. The van der Waals surface area contributed by atoms with Crippen LogP contribution in [0, 0.1) is 0 Å². The molecule has 2 atom stereocenters. The molecule has 2 unspecified atom stereocenters. The SMILES string of the molecule is CCC1COC(Cn2cncn2)(c2ccc(Cl)cc2Cl)O1.c1ccc2ocnc2c1. The molecule has 1 aliphatic rings. The molecule has 2 aromatic carbocycles. The zero-order valence-corrected chi connectivity index (χ0v) is 17.8. The van der Waals surface area contributed by atoms with Gasteiger partial charge < -0.3 is 13.9 Å². The van der Waals surface area contributed by atoms with E-state index in [1.54, 1.807) is 23.1 Å². The molecule has 0 radical (unpaired) electrons. The summed E-state index contributed by atoms with van der Waals surface area (Å²) in [6.45, 7) is 2.96. The molecule has 0 spiro atoms. The Bertz CT molecular complexity index is 1070. The van der Waals surface area contributed by atoms with Gasteiger partial charge in [0.15, 0.2) is 12.0 Å². The number of nitrogens with zero attached hydrogens (tertiary/aromatic N) is 4. The number of hydrogen-bond donors (Lipinski definition) is 0. The molecule has 7 nitrogen and oxygen atoms in total. The summed E-state index contributed by atoms with van der Waals surface area (Å²) in [5, 5.41) is 5.21. The number of fused-ring (bicyclic) bond motifs is 1. The average Bonchev–Trinajstić information content (AvgIpc) is 3.50. The Morgan fingerprint density at radius 3 is 2.77 bits per heavy atom. The zero-order chi connectivity index (χ0) is 21.0. The van der Waals surface area contributed by atoms with Crippen molar-refractivity contribution in [2.24, 2.45) is 0 Å². The first-order valence-corrected chi connectivity index (χ1v) is 10.2. The first-order chi connectivity index (χ1) is 14.6. The summed E-state index contributed by atoms with van der Waals surface area (Å²) in [6, 6.07) is 13.0. The average molecular weight is 447 g/mol. The summed E-state index contributed by atoms with van der Waals surface area (Å²) in [6.07, 6.45) is 5.44. The van der Waals surface area contributed by atoms with E-state index >= 15 is 0 Å². The van der Waals surface area contributed by atoms with E-state index in [1.807, 2.05) is 30.3 Å². The van der Waals surface area contributed by atoms with E-state index in [1.165, 1.54) is 12.7 Å².